The van der Waals surface area contributed by atoms with E-state index >= 15 is 0 Å². The van der Waals surface area contributed by atoms with E-state index in [-0.39, 0.29) is 0 Å². The van der Waals surface area contributed by atoms with Gasteiger partial charge in [0.1, 0.15) is 11.8 Å². The molecule has 76 valence electrons. The highest BCUT2D eigenvalue weighted by Crippen LogP contribution is 2.31. The van der Waals surface area contributed by atoms with Gasteiger partial charge in [-0.15, -0.1) is 0 Å². The molecule has 0 aliphatic carbocycles. The van der Waals surface area contributed by atoms with E-state index in [1.54, 1.807) is 18.8 Å². The van der Waals surface area contributed by atoms with Crippen molar-refractivity contribution < 1.29 is 4.74 Å². The van der Waals surface area contributed by atoms with Crippen LogP contribution in [-0.4, -0.2) is 16.9 Å². The summed E-state index contributed by atoms with van der Waals surface area (Å²) in [6, 6.07) is 5.75. The third-order valence-electron chi connectivity index (χ3n) is 2.22. The second kappa shape index (κ2) is 3.55. The molecule has 0 saturated carbocycles. The summed E-state index contributed by atoms with van der Waals surface area (Å²) >= 11 is 3.41. The largest absolute Gasteiger partial charge is 0.497 e. The van der Waals surface area contributed by atoms with Crippen molar-refractivity contribution in [1.29, 1.82) is 5.26 Å². The fourth-order valence-corrected chi connectivity index (χ4v) is 2.12. The zero-order valence-corrected chi connectivity index (χ0v) is 9.87. The Balaban J connectivity index is 2.88. The van der Waals surface area contributed by atoms with E-state index in [1.807, 2.05) is 12.1 Å². The number of halogens is 1. The van der Waals surface area contributed by atoms with Gasteiger partial charge in [0.2, 0.25) is 0 Å². The van der Waals surface area contributed by atoms with E-state index in [0.29, 0.717) is 5.69 Å². The molecule has 4 nitrogen and oxygen atoms in total. The summed E-state index contributed by atoms with van der Waals surface area (Å²) in [4.78, 5) is 0. The van der Waals surface area contributed by atoms with E-state index in [4.69, 9.17) is 10.00 Å². The molecular weight excluding hydrogens is 258 g/mol. The van der Waals surface area contributed by atoms with E-state index in [1.165, 1.54) is 0 Å². The summed E-state index contributed by atoms with van der Waals surface area (Å²) < 4.78 is 7.64. The topological polar surface area (TPSA) is 50.8 Å². The van der Waals surface area contributed by atoms with Gasteiger partial charge in [-0.05, 0) is 22.0 Å². The zero-order chi connectivity index (χ0) is 11.0. The fourth-order valence-electron chi connectivity index (χ4n) is 1.51. The lowest BCUT2D eigenvalue weighted by molar-refractivity contribution is 0.415. The van der Waals surface area contributed by atoms with Crippen molar-refractivity contribution in [3.05, 3.63) is 22.3 Å². The number of hydrogen-bond donors (Lipinski definition) is 0. The first-order valence-corrected chi connectivity index (χ1v) is 5.07. The van der Waals surface area contributed by atoms with Crippen LogP contribution < -0.4 is 4.74 Å². The second-order valence-electron chi connectivity index (χ2n) is 3.09. The normalized spacial score (nSPS) is 10.3. The molecule has 0 radical (unpaired) electrons. The van der Waals surface area contributed by atoms with Crippen LogP contribution in [0.3, 0.4) is 0 Å². The van der Waals surface area contributed by atoms with Gasteiger partial charge in [-0.3, -0.25) is 4.68 Å². The van der Waals surface area contributed by atoms with Gasteiger partial charge in [0.25, 0.3) is 0 Å². The third kappa shape index (κ3) is 1.47. The first-order chi connectivity index (χ1) is 7.17. The monoisotopic (exact) mass is 265 g/mol. The Morgan fingerprint density at radius 2 is 2.27 bits per heavy atom. The summed E-state index contributed by atoms with van der Waals surface area (Å²) in [6.07, 6.45) is 0. The molecule has 0 unspecified atom stereocenters. The molecule has 0 aliphatic rings. The van der Waals surface area contributed by atoms with Crippen LogP contribution in [0.5, 0.6) is 5.75 Å². The number of methoxy groups -OCH3 is 1. The van der Waals surface area contributed by atoms with Gasteiger partial charge in [-0.1, -0.05) is 0 Å². The first-order valence-electron chi connectivity index (χ1n) is 4.27. The second-order valence-corrected chi connectivity index (χ2v) is 3.94. The standard InChI is InChI=1S/C10H8BrN3O/c1-14-9-4-6(15-2)3-7(11)10(9)8(5-12)13-14/h3-4H,1-2H3. The van der Waals surface area contributed by atoms with Crippen LogP contribution in [0.15, 0.2) is 16.6 Å². The van der Waals surface area contributed by atoms with E-state index < -0.39 is 0 Å². The van der Waals surface area contributed by atoms with Gasteiger partial charge in [0.05, 0.1) is 18.0 Å². The number of nitriles is 1. The number of fused-ring (bicyclic) bond motifs is 1. The zero-order valence-electron chi connectivity index (χ0n) is 8.28. The molecule has 0 bridgehead atoms. The molecule has 15 heavy (non-hydrogen) atoms. The Hall–Kier alpha value is -1.54. The lowest BCUT2D eigenvalue weighted by Gasteiger charge is -2.02. The molecule has 2 aromatic rings. The van der Waals surface area contributed by atoms with Crippen LogP contribution in [0.4, 0.5) is 0 Å². The van der Waals surface area contributed by atoms with Crippen molar-refractivity contribution in [2.24, 2.45) is 7.05 Å². The minimum atomic E-state index is 0.419. The Morgan fingerprint density at radius 3 is 2.87 bits per heavy atom. The van der Waals surface area contributed by atoms with Crippen LogP contribution in [0.25, 0.3) is 10.9 Å². The van der Waals surface area contributed by atoms with Crippen LogP contribution in [0.2, 0.25) is 0 Å². The van der Waals surface area contributed by atoms with Crippen molar-refractivity contribution in [2.45, 2.75) is 0 Å². The quantitative estimate of drug-likeness (QED) is 0.795. The third-order valence-corrected chi connectivity index (χ3v) is 2.85. The molecule has 0 spiro atoms. The molecule has 0 fully saturated rings. The van der Waals surface area contributed by atoms with Crippen molar-refractivity contribution in [2.75, 3.05) is 7.11 Å². The number of hydrogen-bond acceptors (Lipinski definition) is 3. The molecule has 0 amide bonds. The van der Waals surface area contributed by atoms with Crippen molar-refractivity contribution in [1.82, 2.24) is 9.78 Å². The van der Waals surface area contributed by atoms with Gasteiger partial charge in [-0.25, -0.2) is 0 Å². The molecule has 1 heterocycles. The van der Waals surface area contributed by atoms with Gasteiger partial charge >= 0.3 is 0 Å². The predicted octanol–water partition coefficient (Wildman–Crippen LogP) is 2.22. The number of rotatable bonds is 1. The van der Waals surface area contributed by atoms with Crippen LogP contribution in [0, 0.1) is 11.3 Å². The SMILES string of the molecule is COc1cc(Br)c2c(C#N)nn(C)c2c1. The summed E-state index contributed by atoms with van der Waals surface area (Å²) in [7, 11) is 3.41. The lowest BCUT2D eigenvalue weighted by atomic mass is 10.2. The van der Waals surface area contributed by atoms with Crippen LogP contribution in [0.1, 0.15) is 5.69 Å². The smallest absolute Gasteiger partial charge is 0.171 e. The van der Waals surface area contributed by atoms with E-state index in [9.17, 15) is 0 Å². The van der Waals surface area contributed by atoms with E-state index in [0.717, 1.165) is 21.1 Å². The molecule has 0 N–H and O–H groups in total. The van der Waals surface area contributed by atoms with Gasteiger partial charge in [-0.2, -0.15) is 10.4 Å². The van der Waals surface area contributed by atoms with Crippen LogP contribution in [-0.2, 0) is 7.05 Å². The Bertz CT molecular complexity index is 568. The minimum absolute atomic E-state index is 0.419. The molecule has 2 rings (SSSR count). The maximum atomic E-state index is 8.92. The van der Waals surface area contributed by atoms with Crippen LogP contribution >= 0.6 is 15.9 Å². The number of benzene rings is 1. The van der Waals surface area contributed by atoms with E-state index in [2.05, 4.69) is 27.1 Å². The predicted molar refractivity (Wildman–Crippen MR) is 59.7 cm³/mol. The highest BCUT2D eigenvalue weighted by Gasteiger charge is 2.12. The van der Waals surface area contributed by atoms with Crippen molar-refractivity contribution in [3.8, 4) is 11.8 Å². The molecule has 0 saturated heterocycles. The molecule has 0 atom stereocenters. The summed E-state index contributed by atoms with van der Waals surface area (Å²) in [5.41, 5.74) is 1.29. The Labute approximate surface area is 95.2 Å². The Morgan fingerprint density at radius 1 is 1.53 bits per heavy atom. The molecule has 1 aromatic carbocycles. The summed E-state index contributed by atoms with van der Waals surface area (Å²) in [5, 5.41) is 13.9. The molecule has 0 aliphatic heterocycles. The number of aromatic nitrogens is 2. The summed E-state index contributed by atoms with van der Waals surface area (Å²) in [6.45, 7) is 0. The average molecular weight is 266 g/mol. The molecule has 1 aromatic heterocycles. The molecular formula is C10H8BrN3O. The van der Waals surface area contributed by atoms with Gasteiger partial charge in [0.15, 0.2) is 5.69 Å². The first kappa shape index (κ1) is 9.99. The number of ether oxygens (including phenoxy) is 1. The maximum absolute atomic E-state index is 8.92. The Kier molecular flexibility index (Phi) is 2.37. The average Bonchev–Trinajstić information content (AvgIpc) is 2.56. The number of nitrogens with zero attached hydrogens (tertiary/aromatic N) is 3. The highest BCUT2D eigenvalue weighted by atomic mass is 79.9. The van der Waals surface area contributed by atoms with Gasteiger partial charge < -0.3 is 4.74 Å². The summed E-state index contributed by atoms with van der Waals surface area (Å²) in [5.74, 6) is 0.738. The lowest BCUT2D eigenvalue weighted by Crippen LogP contribution is -1.90. The minimum Gasteiger partial charge on any atom is -0.497 e. The highest BCUT2D eigenvalue weighted by molar-refractivity contribution is 9.10. The van der Waals surface area contributed by atoms with Crippen molar-refractivity contribution >= 4 is 26.8 Å². The molecule has 5 heteroatoms. The van der Waals surface area contributed by atoms with Crippen molar-refractivity contribution in [3.63, 3.8) is 0 Å². The number of aryl methyl sites for hydroxylation is 1. The van der Waals surface area contributed by atoms with Gasteiger partial charge in [0, 0.05) is 17.6 Å². The maximum Gasteiger partial charge on any atom is 0.171 e. The fraction of sp³-hybridized carbons (Fsp3) is 0.200.